The van der Waals surface area contributed by atoms with Crippen LogP contribution in [0.15, 0.2) is 18.2 Å². The van der Waals surface area contributed by atoms with E-state index in [2.05, 4.69) is 6.92 Å². The Labute approximate surface area is 113 Å². The smallest absolute Gasteiger partial charge is 0.490 e. The van der Waals surface area contributed by atoms with Crippen LogP contribution < -0.4 is 10.2 Å². The van der Waals surface area contributed by atoms with Crippen LogP contribution >= 0.6 is 0 Å². The molecular formula is C14H20BFO3. The van der Waals surface area contributed by atoms with Gasteiger partial charge in [0.15, 0.2) is 0 Å². The van der Waals surface area contributed by atoms with Gasteiger partial charge in [0.1, 0.15) is 11.6 Å². The minimum Gasteiger partial charge on any atom is -0.490 e. The number of benzene rings is 1. The van der Waals surface area contributed by atoms with Gasteiger partial charge in [-0.3, -0.25) is 0 Å². The van der Waals surface area contributed by atoms with Crippen LogP contribution in [0.25, 0.3) is 0 Å². The molecule has 1 aliphatic rings. The van der Waals surface area contributed by atoms with Gasteiger partial charge in [-0.2, -0.15) is 0 Å². The molecule has 0 heterocycles. The topological polar surface area (TPSA) is 49.7 Å². The molecule has 5 heteroatoms. The molecule has 2 unspecified atom stereocenters. The van der Waals surface area contributed by atoms with Gasteiger partial charge < -0.3 is 14.8 Å². The molecule has 19 heavy (non-hydrogen) atoms. The molecule has 0 aromatic heterocycles. The molecule has 0 aliphatic heterocycles. The first-order valence-electron chi connectivity index (χ1n) is 6.92. The summed E-state index contributed by atoms with van der Waals surface area (Å²) in [5.41, 5.74) is -0.123. The Hall–Kier alpha value is -1.07. The normalized spacial score (nSPS) is 23.2. The second-order valence-corrected chi connectivity index (χ2v) is 5.24. The van der Waals surface area contributed by atoms with E-state index in [9.17, 15) is 4.39 Å². The fourth-order valence-corrected chi connectivity index (χ4v) is 2.70. The average Bonchev–Trinajstić information content (AvgIpc) is 2.38. The standard InChI is InChI=1S/C14H20BFO3/c1-2-10-4-3-5-11(8-10)19-12-6-7-13(15(17)18)14(16)9-12/h6-7,9-11,17-18H,2-5,8H2,1H3. The molecule has 2 rings (SSSR count). The highest BCUT2D eigenvalue weighted by atomic mass is 19.1. The van der Waals surface area contributed by atoms with Crippen LogP contribution in [0.2, 0.25) is 0 Å². The zero-order valence-corrected chi connectivity index (χ0v) is 11.2. The van der Waals surface area contributed by atoms with E-state index in [-0.39, 0.29) is 11.6 Å². The van der Waals surface area contributed by atoms with Crippen LogP contribution in [0.1, 0.15) is 39.0 Å². The molecule has 0 spiro atoms. The molecule has 2 N–H and O–H groups in total. The SMILES string of the molecule is CCC1CCCC(Oc2ccc(B(O)O)c(F)c2)C1. The maximum Gasteiger partial charge on any atom is 0.491 e. The minimum absolute atomic E-state index is 0.123. The lowest BCUT2D eigenvalue weighted by Crippen LogP contribution is -2.32. The molecule has 0 radical (unpaired) electrons. The summed E-state index contributed by atoms with van der Waals surface area (Å²) in [5.74, 6) is 0.515. The van der Waals surface area contributed by atoms with Crippen LogP contribution in [0, 0.1) is 11.7 Å². The maximum absolute atomic E-state index is 13.6. The second kappa shape index (κ2) is 6.39. The van der Waals surface area contributed by atoms with Crippen molar-refractivity contribution in [2.24, 2.45) is 5.92 Å². The highest BCUT2D eigenvalue weighted by Crippen LogP contribution is 2.29. The van der Waals surface area contributed by atoms with Crippen molar-refractivity contribution in [3.8, 4) is 5.75 Å². The fraction of sp³-hybridized carbons (Fsp3) is 0.571. The monoisotopic (exact) mass is 266 g/mol. The third kappa shape index (κ3) is 3.70. The number of rotatable bonds is 4. The van der Waals surface area contributed by atoms with Gasteiger partial charge in [-0.1, -0.05) is 25.8 Å². The Kier molecular flexibility index (Phi) is 4.83. The van der Waals surface area contributed by atoms with E-state index < -0.39 is 12.9 Å². The third-order valence-corrected chi connectivity index (χ3v) is 3.86. The van der Waals surface area contributed by atoms with Crippen molar-refractivity contribution < 1.29 is 19.2 Å². The van der Waals surface area contributed by atoms with Crippen LogP contribution in [0.3, 0.4) is 0 Å². The van der Waals surface area contributed by atoms with E-state index in [4.69, 9.17) is 14.8 Å². The highest BCUT2D eigenvalue weighted by molar-refractivity contribution is 6.58. The van der Waals surface area contributed by atoms with Crippen molar-refractivity contribution in [1.82, 2.24) is 0 Å². The summed E-state index contributed by atoms with van der Waals surface area (Å²) in [6, 6.07) is 4.17. The Morgan fingerprint density at radius 1 is 1.37 bits per heavy atom. The Morgan fingerprint density at radius 3 is 2.79 bits per heavy atom. The molecule has 0 amide bonds. The average molecular weight is 266 g/mol. The molecule has 0 bridgehead atoms. The van der Waals surface area contributed by atoms with Gasteiger partial charge in [0.25, 0.3) is 0 Å². The predicted octanol–water partition coefficient (Wildman–Crippen LogP) is 1.85. The summed E-state index contributed by atoms with van der Waals surface area (Å²) in [7, 11) is -1.78. The first-order chi connectivity index (χ1) is 9.10. The molecule has 1 aromatic rings. The summed E-state index contributed by atoms with van der Waals surface area (Å²) in [4.78, 5) is 0. The summed E-state index contributed by atoms with van der Waals surface area (Å²) in [5, 5.41) is 17.9. The fourth-order valence-electron chi connectivity index (χ4n) is 2.70. The first kappa shape index (κ1) is 14.3. The van der Waals surface area contributed by atoms with E-state index in [0.717, 1.165) is 25.7 Å². The molecule has 1 aliphatic carbocycles. The van der Waals surface area contributed by atoms with E-state index in [1.54, 1.807) is 6.07 Å². The first-order valence-corrected chi connectivity index (χ1v) is 6.92. The van der Waals surface area contributed by atoms with Crippen LogP contribution in [-0.2, 0) is 0 Å². The van der Waals surface area contributed by atoms with Gasteiger partial charge in [0, 0.05) is 11.5 Å². The van der Waals surface area contributed by atoms with Crippen molar-refractivity contribution in [2.45, 2.75) is 45.1 Å². The lowest BCUT2D eigenvalue weighted by Gasteiger charge is -2.29. The van der Waals surface area contributed by atoms with Crippen molar-refractivity contribution >= 4 is 12.6 Å². The molecule has 3 nitrogen and oxygen atoms in total. The minimum atomic E-state index is -1.78. The predicted molar refractivity (Wildman–Crippen MR) is 72.9 cm³/mol. The van der Waals surface area contributed by atoms with Crippen LogP contribution in [0.5, 0.6) is 5.75 Å². The van der Waals surface area contributed by atoms with Crippen LogP contribution in [-0.4, -0.2) is 23.3 Å². The number of hydrogen-bond donors (Lipinski definition) is 2. The lowest BCUT2D eigenvalue weighted by molar-refractivity contribution is 0.121. The summed E-state index contributed by atoms with van der Waals surface area (Å²) < 4.78 is 19.4. The van der Waals surface area contributed by atoms with E-state index in [1.165, 1.54) is 18.6 Å². The largest absolute Gasteiger partial charge is 0.491 e. The highest BCUT2D eigenvalue weighted by Gasteiger charge is 2.23. The molecule has 0 saturated heterocycles. The molecule has 1 saturated carbocycles. The van der Waals surface area contributed by atoms with Gasteiger partial charge in [0.2, 0.25) is 0 Å². The van der Waals surface area contributed by atoms with Gasteiger partial charge in [-0.15, -0.1) is 0 Å². The Bertz CT molecular complexity index is 425. The van der Waals surface area contributed by atoms with E-state index in [0.29, 0.717) is 11.7 Å². The number of halogens is 1. The Balaban J connectivity index is 2.01. The van der Waals surface area contributed by atoms with E-state index in [1.807, 2.05) is 0 Å². The summed E-state index contributed by atoms with van der Waals surface area (Å²) >= 11 is 0. The van der Waals surface area contributed by atoms with E-state index >= 15 is 0 Å². The Morgan fingerprint density at radius 2 is 2.16 bits per heavy atom. The molecule has 2 atom stereocenters. The van der Waals surface area contributed by atoms with Gasteiger partial charge in [-0.05, 0) is 31.2 Å². The third-order valence-electron chi connectivity index (χ3n) is 3.86. The van der Waals surface area contributed by atoms with Gasteiger partial charge in [0.05, 0.1) is 6.10 Å². The van der Waals surface area contributed by atoms with Crippen molar-refractivity contribution in [3.05, 3.63) is 24.0 Å². The van der Waals surface area contributed by atoms with Crippen molar-refractivity contribution in [3.63, 3.8) is 0 Å². The molecule has 104 valence electrons. The van der Waals surface area contributed by atoms with Gasteiger partial charge in [-0.25, -0.2) is 4.39 Å². The van der Waals surface area contributed by atoms with Crippen LogP contribution in [0.4, 0.5) is 4.39 Å². The van der Waals surface area contributed by atoms with Crippen molar-refractivity contribution in [1.29, 1.82) is 0 Å². The van der Waals surface area contributed by atoms with Crippen molar-refractivity contribution in [2.75, 3.05) is 0 Å². The zero-order chi connectivity index (χ0) is 13.8. The molecule has 1 aromatic carbocycles. The number of hydrogen-bond acceptors (Lipinski definition) is 3. The lowest BCUT2D eigenvalue weighted by atomic mass is 9.80. The summed E-state index contributed by atoms with van der Waals surface area (Å²) in [6.07, 6.45) is 5.72. The maximum atomic E-state index is 13.6. The van der Waals surface area contributed by atoms with Gasteiger partial charge >= 0.3 is 7.12 Å². The molecule has 1 fully saturated rings. The zero-order valence-electron chi connectivity index (χ0n) is 11.2. The molecular weight excluding hydrogens is 246 g/mol. The summed E-state index contributed by atoms with van der Waals surface area (Å²) in [6.45, 7) is 2.18. The quantitative estimate of drug-likeness (QED) is 0.818. The number of ether oxygens (including phenoxy) is 1. The second-order valence-electron chi connectivity index (χ2n) is 5.24.